The summed E-state index contributed by atoms with van der Waals surface area (Å²) in [4.78, 5) is 0. The molecular weight excluding hydrogens is 320 g/mol. The molecule has 0 amide bonds. The summed E-state index contributed by atoms with van der Waals surface area (Å²) in [5.41, 5.74) is 3.87. The zero-order chi connectivity index (χ0) is 18.9. The van der Waals surface area contributed by atoms with Crippen LogP contribution in [-0.2, 0) is 10.8 Å². The van der Waals surface area contributed by atoms with Crippen LogP contribution in [0.4, 0.5) is 0 Å². The Balaban J connectivity index is 1.92. The van der Waals surface area contributed by atoms with Crippen LogP contribution in [0.3, 0.4) is 0 Å². The van der Waals surface area contributed by atoms with Gasteiger partial charge in [0.05, 0.1) is 0 Å². The van der Waals surface area contributed by atoms with E-state index in [1.807, 2.05) is 24.3 Å². The van der Waals surface area contributed by atoms with Crippen molar-refractivity contribution in [3.63, 3.8) is 0 Å². The lowest BCUT2D eigenvalue weighted by Gasteiger charge is -2.27. The molecule has 3 rings (SSSR count). The summed E-state index contributed by atoms with van der Waals surface area (Å²) in [5, 5.41) is 19.0. The number of phenolic OH excluding ortho intramolecular Hbond substituents is 2. The molecule has 26 heavy (non-hydrogen) atoms. The topological polar surface area (TPSA) is 40.5 Å². The standard InChI is InChI=1S/C24H24O2/c1-23(2,19-9-13-21(25)14-10-19)17-5-7-18(8-6-17)24(3,4)20-11-15-22(26)16-12-20/h5,7,9-16,25-26H,1-4H3. The van der Waals surface area contributed by atoms with Gasteiger partial charge in [0.2, 0.25) is 0 Å². The number of rotatable bonds is 4. The van der Waals surface area contributed by atoms with Gasteiger partial charge in [-0.05, 0) is 47.5 Å². The third-order valence-corrected chi connectivity index (χ3v) is 5.27. The summed E-state index contributed by atoms with van der Waals surface area (Å²) in [6.45, 7) is 8.57. The maximum absolute atomic E-state index is 9.51. The summed E-state index contributed by atoms with van der Waals surface area (Å²) in [6, 6.07) is 25.5. The van der Waals surface area contributed by atoms with Crippen molar-refractivity contribution in [3.8, 4) is 11.5 Å². The fourth-order valence-electron chi connectivity index (χ4n) is 3.18. The second kappa shape index (κ2) is 6.42. The molecule has 2 N–H and O–H groups in total. The average Bonchev–Trinajstić information content (AvgIpc) is 2.62. The Morgan fingerprint density at radius 3 is 1.12 bits per heavy atom. The molecule has 0 radical (unpaired) electrons. The summed E-state index contributed by atoms with van der Waals surface area (Å²) in [7, 11) is 0. The molecule has 0 bridgehead atoms. The molecule has 0 spiro atoms. The van der Waals surface area contributed by atoms with Gasteiger partial charge in [-0.15, -0.1) is 0 Å². The minimum atomic E-state index is -0.231. The maximum Gasteiger partial charge on any atom is 0.115 e. The predicted molar refractivity (Wildman–Crippen MR) is 105 cm³/mol. The third-order valence-electron chi connectivity index (χ3n) is 5.27. The van der Waals surface area contributed by atoms with Gasteiger partial charge in [-0.2, -0.15) is 0 Å². The molecule has 2 heteroatoms. The molecule has 2 nitrogen and oxygen atoms in total. The van der Waals surface area contributed by atoms with Crippen LogP contribution in [0.25, 0.3) is 0 Å². The lowest BCUT2D eigenvalue weighted by atomic mass is 9.76. The van der Waals surface area contributed by atoms with Crippen LogP contribution < -0.4 is 0 Å². The van der Waals surface area contributed by atoms with Crippen molar-refractivity contribution < 1.29 is 10.2 Å². The normalized spacial score (nSPS) is 11.8. The molecule has 0 saturated heterocycles. The monoisotopic (exact) mass is 344 g/mol. The Morgan fingerprint density at radius 1 is 0.538 bits per heavy atom. The van der Waals surface area contributed by atoms with Gasteiger partial charge in [0.1, 0.15) is 11.5 Å². The Hall–Kier alpha value is -2.92. The summed E-state index contributed by atoms with van der Waals surface area (Å²) in [5.74, 6) is 0.539. The molecule has 3 aromatic rings. The van der Waals surface area contributed by atoms with Crippen molar-refractivity contribution in [1.82, 2.24) is 0 Å². The van der Waals surface area contributed by atoms with Gasteiger partial charge in [0.15, 0.2) is 0 Å². The highest BCUT2D eigenvalue weighted by Crippen LogP contribution is 2.34. The third kappa shape index (κ3) is 3.26. The van der Waals surface area contributed by atoms with Crippen LogP contribution in [0.1, 0.15) is 49.9 Å². The van der Waals surface area contributed by atoms with Gasteiger partial charge in [-0.3, -0.25) is 0 Å². The second-order valence-electron chi connectivity index (χ2n) is 7.75. The first-order chi connectivity index (χ1) is 12.2. The first kappa shape index (κ1) is 17.9. The van der Waals surface area contributed by atoms with Crippen molar-refractivity contribution in [2.45, 2.75) is 38.5 Å². The highest BCUT2D eigenvalue weighted by atomic mass is 16.3. The van der Waals surface area contributed by atoms with Crippen LogP contribution in [0.5, 0.6) is 11.5 Å². The number of phenols is 2. The van der Waals surface area contributed by atoms with E-state index in [-0.39, 0.29) is 22.3 Å². The number of hydrogen-bond acceptors (Lipinski definition) is 2. The van der Waals surface area contributed by atoms with E-state index in [1.165, 1.54) is 0 Å². The summed E-state index contributed by atoms with van der Waals surface area (Å²) in [6.07, 6.45) is 0. The molecule has 0 atom stereocenters. The van der Waals surface area contributed by atoms with Gasteiger partial charge in [-0.25, -0.2) is 0 Å². The number of benzene rings is 2. The fraction of sp³-hybridized carbons (Fsp3) is 0.250. The molecule has 0 heterocycles. The van der Waals surface area contributed by atoms with Crippen molar-refractivity contribution in [2.75, 3.05) is 0 Å². The van der Waals surface area contributed by atoms with Crippen LogP contribution >= 0.6 is 0 Å². The van der Waals surface area contributed by atoms with E-state index in [4.69, 9.17) is 0 Å². The second-order valence-corrected chi connectivity index (χ2v) is 7.75. The first-order valence-electron chi connectivity index (χ1n) is 8.75. The Kier molecular flexibility index (Phi) is 4.42. The Bertz CT molecular complexity index is 795. The van der Waals surface area contributed by atoms with E-state index in [0.717, 1.165) is 22.3 Å². The smallest absolute Gasteiger partial charge is 0.115 e. The SMILES string of the molecule is CC(C)(c1c#cc(C(C)(C)c2ccc(O)cc2)cc1)c1ccc(O)cc1. The Labute approximate surface area is 155 Å². The zero-order valence-corrected chi connectivity index (χ0v) is 15.7. The summed E-state index contributed by atoms with van der Waals surface area (Å²) < 4.78 is 0. The van der Waals surface area contributed by atoms with E-state index in [9.17, 15) is 10.2 Å². The maximum atomic E-state index is 9.51. The molecule has 0 unspecified atom stereocenters. The van der Waals surface area contributed by atoms with Crippen molar-refractivity contribution in [3.05, 3.63) is 95.1 Å². The molecule has 3 aromatic carbocycles. The predicted octanol–water partition coefficient (Wildman–Crippen LogP) is 5.35. The number of aromatic hydroxyl groups is 2. The van der Waals surface area contributed by atoms with Crippen LogP contribution in [0.2, 0.25) is 0 Å². The number of hydrogen-bond donors (Lipinski definition) is 2. The molecule has 132 valence electrons. The molecular formula is C24H24O2. The van der Waals surface area contributed by atoms with Crippen LogP contribution in [0, 0.1) is 12.1 Å². The minimum Gasteiger partial charge on any atom is -0.508 e. The largest absolute Gasteiger partial charge is 0.508 e. The van der Waals surface area contributed by atoms with E-state index in [2.05, 4.69) is 52.0 Å². The zero-order valence-electron chi connectivity index (χ0n) is 15.7. The van der Waals surface area contributed by atoms with Gasteiger partial charge in [-0.1, -0.05) is 64.1 Å². The van der Waals surface area contributed by atoms with Gasteiger partial charge in [0.25, 0.3) is 0 Å². The molecule has 0 aliphatic rings. The highest BCUT2D eigenvalue weighted by molar-refractivity contribution is 5.42. The van der Waals surface area contributed by atoms with Crippen LogP contribution in [0.15, 0.2) is 60.7 Å². The lowest BCUT2D eigenvalue weighted by Crippen LogP contribution is -2.20. The van der Waals surface area contributed by atoms with E-state index in [0.29, 0.717) is 0 Å². The summed E-state index contributed by atoms with van der Waals surface area (Å²) >= 11 is 0. The van der Waals surface area contributed by atoms with Gasteiger partial charge >= 0.3 is 0 Å². The molecule has 0 aliphatic heterocycles. The highest BCUT2D eigenvalue weighted by Gasteiger charge is 2.26. The van der Waals surface area contributed by atoms with Crippen LogP contribution in [-0.4, -0.2) is 10.2 Å². The molecule has 0 aliphatic carbocycles. The lowest BCUT2D eigenvalue weighted by molar-refractivity contribution is 0.474. The molecule has 0 aromatic heterocycles. The van der Waals surface area contributed by atoms with Crippen molar-refractivity contribution in [1.29, 1.82) is 0 Å². The van der Waals surface area contributed by atoms with Crippen molar-refractivity contribution >= 4 is 0 Å². The van der Waals surface area contributed by atoms with E-state index >= 15 is 0 Å². The fourth-order valence-corrected chi connectivity index (χ4v) is 3.18. The molecule has 0 fully saturated rings. The quantitative estimate of drug-likeness (QED) is 0.670. The minimum absolute atomic E-state index is 0.231. The van der Waals surface area contributed by atoms with E-state index < -0.39 is 0 Å². The van der Waals surface area contributed by atoms with Gasteiger partial charge in [0, 0.05) is 22.0 Å². The average molecular weight is 344 g/mol. The van der Waals surface area contributed by atoms with E-state index in [1.54, 1.807) is 24.3 Å². The van der Waals surface area contributed by atoms with Crippen molar-refractivity contribution in [2.24, 2.45) is 0 Å². The molecule has 0 saturated carbocycles. The Morgan fingerprint density at radius 2 is 0.846 bits per heavy atom. The van der Waals surface area contributed by atoms with Gasteiger partial charge < -0.3 is 10.2 Å². The first-order valence-corrected chi connectivity index (χ1v) is 8.75.